The molecule has 0 spiro atoms. The van der Waals surface area contributed by atoms with Crippen molar-refractivity contribution in [2.75, 3.05) is 11.9 Å². The smallest absolute Gasteiger partial charge is 0.229 e. The molecule has 2 aliphatic rings. The number of benzene rings is 1. The first-order valence-electron chi connectivity index (χ1n) is 9.28. The molecule has 3 rings (SSSR count). The Kier molecular flexibility index (Phi) is 5.22. The molecule has 1 saturated heterocycles. The third kappa shape index (κ3) is 3.63. The zero-order chi connectivity index (χ0) is 17.1. The minimum Gasteiger partial charge on any atom is -0.339 e. The first kappa shape index (κ1) is 17.0. The van der Waals surface area contributed by atoms with E-state index in [1.165, 1.54) is 18.4 Å². The molecule has 0 aromatic heterocycles. The summed E-state index contributed by atoms with van der Waals surface area (Å²) in [4.78, 5) is 26.7. The van der Waals surface area contributed by atoms with Gasteiger partial charge in [0.05, 0.1) is 5.92 Å². The van der Waals surface area contributed by atoms with Crippen molar-refractivity contribution in [2.24, 2.45) is 5.92 Å². The lowest BCUT2D eigenvalue weighted by Gasteiger charge is -2.23. The zero-order valence-corrected chi connectivity index (χ0v) is 14.8. The molecule has 1 heterocycles. The summed E-state index contributed by atoms with van der Waals surface area (Å²) in [5, 5.41) is 2.98. The van der Waals surface area contributed by atoms with Crippen LogP contribution in [-0.2, 0) is 9.59 Å². The maximum absolute atomic E-state index is 12.5. The van der Waals surface area contributed by atoms with E-state index in [2.05, 4.69) is 31.3 Å². The fourth-order valence-electron chi connectivity index (χ4n) is 3.85. The molecule has 1 aliphatic carbocycles. The van der Waals surface area contributed by atoms with Gasteiger partial charge in [0.1, 0.15) is 0 Å². The Balaban J connectivity index is 1.58. The molecule has 1 saturated carbocycles. The quantitative estimate of drug-likeness (QED) is 0.890. The van der Waals surface area contributed by atoms with E-state index in [4.69, 9.17) is 0 Å². The first-order chi connectivity index (χ1) is 11.6. The predicted octanol–water partition coefficient (Wildman–Crippen LogP) is 3.93. The van der Waals surface area contributed by atoms with Gasteiger partial charge in [-0.1, -0.05) is 38.8 Å². The van der Waals surface area contributed by atoms with Crippen molar-refractivity contribution in [3.63, 3.8) is 0 Å². The lowest BCUT2D eigenvalue weighted by Crippen LogP contribution is -2.35. The summed E-state index contributed by atoms with van der Waals surface area (Å²) in [5.41, 5.74) is 2.11. The van der Waals surface area contributed by atoms with Gasteiger partial charge in [-0.2, -0.15) is 0 Å². The molecule has 2 atom stereocenters. The van der Waals surface area contributed by atoms with Crippen molar-refractivity contribution in [1.29, 1.82) is 0 Å². The molecule has 130 valence electrons. The van der Waals surface area contributed by atoms with E-state index in [0.29, 0.717) is 24.9 Å². The number of rotatable bonds is 5. The summed E-state index contributed by atoms with van der Waals surface area (Å²) >= 11 is 0. The first-order valence-corrected chi connectivity index (χ1v) is 9.28. The Hall–Kier alpha value is -1.84. The minimum atomic E-state index is -0.215. The number of hydrogen-bond donors (Lipinski definition) is 1. The Morgan fingerprint density at radius 1 is 1.25 bits per heavy atom. The molecule has 1 aliphatic heterocycles. The van der Waals surface area contributed by atoms with Gasteiger partial charge in [-0.3, -0.25) is 9.59 Å². The Morgan fingerprint density at radius 3 is 2.54 bits per heavy atom. The second-order valence-electron chi connectivity index (χ2n) is 7.31. The fourth-order valence-corrected chi connectivity index (χ4v) is 3.85. The molecule has 2 amide bonds. The summed E-state index contributed by atoms with van der Waals surface area (Å²) in [6.07, 6.45) is 6.05. The topological polar surface area (TPSA) is 49.4 Å². The van der Waals surface area contributed by atoms with Gasteiger partial charge >= 0.3 is 0 Å². The summed E-state index contributed by atoms with van der Waals surface area (Å²) in [6.45, 7) is 4.96. The predicted molar refractivity (Wildman–Crippen MR) is 95.9 cm³/mol. The van der Waals surface area contributed by atoms with Gasteiger partial charge < -0.3 is 10.2 Å². The Labute approximate surface area is 144 Å². The van der Waals surface area contributed by atoms with E-state index in [9.17, 15) is 9.59 Å². The van der Waals surface area contributed by atoms with Crippen molar-refractivity contribution in [3.05, 3.63) is 29.8 Å². The number of carbonyl (C=O) groups is 2. The molecule has 4 heteroatoms. The highest BCUT2D eigenvalue weighted by Crippen LogP contribution is 2.30. The number of nitrogens with one attached hydrogen (secondary N) is 1. The molecule has 1 aromatic rings. The average Bonchev–Trinajstić information content (AvgIpc) is 3.24. The third-order valence-electron chi connectivity index (χ3n) is 5.65. The van der Waals surface area contributed by atoms with Crippen molar-refractivity contribution >= 4 is 17.5 Å². The fraction of sp³-hybridized carbons (Fsp3) is 0.600. The molecule has 2 unspecified atom stereocenters. The molecule has 1 N–H and O–H groups in total. The van der Waals surface area contributed by atoms with Crippen LogP contribution in [-0.4, -0.2) is 29.3 Å². The highest BCUT2D eigenvalue weighted by molar-refractivity contribution is 5.97. The largest absolute Gasteiger partial charge is 0.339 e. The van der Waals surface area contributed by atoms with Crippen molar-refractivity contribution < 1.29 is 9.59 Å². The van der Waals surface area contributed by atoms with E-state index in [1.54, 1.807) is 0 Å². The number of nitrogens with zero attached hydrogens (tertiary/aromatic N) is 1. The van der Waals surface area contributed by atoms with Crippen LogP contribution in [0.1, 0.15) is 63.9 Å². The number of hydrogen-bond acceptors (Lipinski definition) is 2. The summed E-state index contributed by atoms with van der Waals surface area (Å²) in [5.74, 6) is 0.434. The van der Waals surface area contributed by atoms with E-state index in [-0.39, 0.29) is 17.7 Å². The number of amides is 2. The average molecular weight is 328 g/mol. The molecule has 1 aromatic carbocycles. The molecule has 24 heavy (non-hydrogen) atoms. The highest BCUT2D eigenvalue weighted by atomic mass is 16.2. The monoisotopic (exact) mass is 328 g/mol. The van der Waals surface area contributed by atoms with Gasteiger partial charge in [0.25, 0.3) is 0 Å². The van der Waals surface area contributed by atoms with E-state index in [0.717, 1.165) is 24.9 Å². The molecular formula is C20H28N2O2. The van der Waals surface area contributed by atoms with Gasteiger partial charge in [-0.15, -0.1) is 0 Å². The molecular weight excluding hydrogens is 300 g/mol. The molecule has 4 nitrogen and oxygen atoms in total. The number of anilines is 1. The van der Waals surface area contributed by atoms with Crippen LogP contribution in [0, 0.1) is 5.92 Å². The van der Waals surface area contributed by atoms with Crippen LogP contribution in [0.4, 0.5) is 5.69 Å². The lowest BCUT2D eigenvalue weighted by molar-refractivity contribution is -0.129. The van der Waals surface area contributed by atoms with Gasteiger partial charge in [-0.05, 0) is 42.9 Å². The Bertz CT molecular complexity index is 590. The summed E-state index contributed by atoms with van der Waals surface area (Å²) < 4.78 is 0. The van der Waals surface area contributed by atoms with E-state index in [1.807, 2.05) is 17.0 Å². The lowest BCUT2D eigenvalue weighted by atomic mass is 9.98. The van der Waals surface area contributed by atoms with Crippen molar-refractivity contribution in [2.45, 2.75) is 64.3 Å². The van der Waals surface area contributed by atoms with E-state index >= 15 is 0 Å². The van der Waals surface area contributed by atoms with Crippen LogP contribution in [0.25, 0.3) is 0 Å². The van der Waals surface area contributed by atoms with E-state index < -0.39 is 0 Å². The normalized spacial score (nSPS) is 22.8. The van der Waals surface area contributed by atoms with Crippen molar-refractivity contribution in [3.8, 4) is 0 Å². The third-order valence-corrected chi connectivity index (χ3v) is 5.65. The minimum absolute atomic E-state index is 0.0277. The maximum Gasteiger partial charge on any atom is 0.229 e. The second-order valence-corrected chi connectivity index (χ2v) is 7.31. The SMILES string of the molecule is CCC(C)c1ccc(NC(=O)C2CC(=O)N(C3CCCC3)C2)cc1. The molecule has 0 bridgehead atoms. The standard InChI is InChI=1S/C20H28N2O2/c1-3-14(2)15-8-10-17(11-9-15)21-20(24)16-12-19(23)22(13-16)18-6-4-5-7-18/h8-11,14,16,18H,3-7,12-13H2,1-2H3,(H,21,24). The van der Waals surface area contributed by atoms with Gasteiger partial charge in [-0.25, -0.2) is 0 Å². The van der Waals surface area contributed by atoms with Gasteiger partial charge in [0.2, 0.25) is 11.8 Å². The number of carbonyl (C=O) groups excluding carboxylic acids is 2. The van der Waals surface area contributed by atoms with Crippen LogP contribution in [0.15, 0.2) is 24.3 Å². The van der Waals surface area contributed by atoms with Gasteiger partial charge in [0, 0.05) is 24.7 Å². The van der Waals surface area contributed by atoms with Crippen LogP contribution in [0.3, 0.4) is 0 Å². The van der Waals surface area contributed by atoms with Crippen LogP contribution < -0.4 is 5.32 Å². The molecule has 0 radical (unpaired) electrons. The molecule has 2 fully saturated rings. The maximum atomic E-state index is 12.5. The van der Waals surface area contributed by atoms with Crippen LogP contribution >= 0.6 is 0 Å². The van der Waals surface area contributed by atoms with Gasteiger partial charge in [0.15, 0.2) is 0 Å². The zero-order valence-electron chi connectivity index (χ0n) is 14.8. The van der Waals surface area contributed by atoms with Crippen LogP contribution in [0.2, 0.25) is 0 Å². The van der Waals surface area contributed by atoms with Crippen molar-refractivity contribution in [1.82, 2.24) is 4.90 Å². The number of likely N-dealkylation sites (tertiary alicyclic amines) is 1. The summed E-state index contributed by atoms with van der Waals surface area (Å²) in [7, 11) is 0. The summed E-state index contributed by atoms with van der Waals surface area (Å²) in [6, 6.07) is 8.45. The highest BCUT2D eigenvalue weighted by Gasteiger charge is 2.38. The van der Waals surface area contributed by atoms with Crippen LogP contribution in [0.5, 0.6) is 0 Å². The Morgan fingerprint density at radius 2 is 1.92 bits per heavy atom. The second kappa shape index (κ2) is 7.37.